The first-order valence-electron chi connectivity index (χ1n) is 5.75. The molecule has 0 aliphatic heterocycles. The van der Waals surface area contributed by atoms with Gasteiger partial charge in [-0.3, -0.25) is 4.79 Å². The molecule has 0 radical (unpaired) electrons. The topological polar surface area (TPSA) is 136 Å². The minimum absolute atomic E-state index is 0.0179. The lowest BCUT2D eigenvalue weighted by atomic mass is 10.0. The summed E-state index contributed by atoms with van der Waals surface area (Å²) < 4.78 is 23.6. The van der Waals surface area contributed by atoms with Crippen molar-refractivity contribution in [3.05, 3.63) is 29.3 Å². The number of guanidine groups is 1. The van der Waals surface area contributed by atoms with Gasteiger partial charge in [0.1, 0.15) is 0 Å². The summed E-state index contributed by atoms with van der Waals surface area (Å²) in [5, 5.41) is 9.16. The van der Waals surface area contributed by atoms with Gasteiger partial charge in [-0.2, -0.15) is 4.99 Å². The quantitative estimate of drug-likeness (QED) is 0.511. The highest BCUT2D eigenvalue weighted by Gasteiger charge is 2.19. The number of rotatable bonds is 4. The SMILES string of the molecule is CC(CO)c1ccc(C(=O)N=C(N)N)cc1S(C)(=O)=O. The van der Waals surface area contributed by atoms with Gasteiger partial charge in [0.15, 0.2) is 15.8 Å². The molecule has 1 rings (SSSR count). The van der Waals surface area contributed by atoms with Crippen LogP contribution in [0.4, 0.5) is 0 Å². The van der Waals surface area contributed by atoms with E-state index in [4.69, 9.17) is 16.6 Å². The Bertz CT molecular complexity index is 649. The van der Waals surface area contributed by atoms with E-state index in [0.29, 0.717) is 5.56 Å². The van der Waals surface area contributed by atoms with Crippen molar-refractivity contribution in [2.45, 2.75) is 17.7 Å². The van der Waals surface area contributed by atoms with Gasteiger partial charge in [0.05, 0.1) is 4.90 Å². The van der Waals surface area contributed by atoms with Gasteiger partial charge in [0.25, 0.3) is 5.91 Å². The van der Waals surface area contributed by atoms with Crippen LogP contribution in [-0.2, 0) is 9.84 Å². The third-order valence-corrected chi connectivity index (χ3v) is 3.85. The summed E-state index contributed by atoms with van der Waals surface area (Å²) in [5.41, 5.74) is 10.7. The first kappa shape index (κ1) is 16.1. The fourth-order valence-corrected chi connectivity index (χ4v) is 2.71. The summed E-state index contributed by atoms with van der Waals surface area (Å²) in [4.78, 5) is 15.0. The molecule has 110 valence electrons. The summed E-state index contributed by atoms with van der Waals surface area (Å²) >= 11 is 0. The second-order valence-corrected chi connectivity index (χ2v) is 6.43. The van der Waals surface area contributed by atoms with E-state index in [1.165, 1.54) is 18.2 Å². The Labute approximate surface area is 117 Å². The van der Waals surface area contributed by atoms with Gasteiger partial charge in [-0.15, -0.1) is 0 Å². The molecule has 0 aliphatic rings. The van der Waals surface area contributed by atoms with Crippen molar-refractivity contribution in [2.75, 3.05) is 12.9 Å². The summed E-state index contributed by atoms with van der Waals surface area (Å²) in [6, 6.07) is 4.11. The van der Waals surface area contributed by atoms with Crippen molar-refractivity contribution >= 4 is 21.7 Å². The Morgan fingerprint density at radius 2 is 2.00 bits per heavy atom. The van der Waals surface area contributed by atoms with E-state index in [1.54, 1.807) is 6.92 Å². The van der Waals surface area contributed by atoms with Gasteiger partial charge >= 0.3 is 0 Å². The Hall–Kier alpha value is -1.93. The molecule has 0 bridgehead atoms. The molecule has 0 saturated heterocycles. The second kappa shape index (κ2) is 6.02. The number of amides is 1. The molecule has 20 heavy (non-hydrogen) atoms. The smallest absolute Gasteiger partial charge is 0.280 e. The van der Waals surface area contributed by atoms with Crippen molar-refractivity contribution in [1.29, 1.82) is 0 Å². The first-order valence-corrected chi connectivity index (χ1v) is 7.64. The normalized spacial score (nSPS) is 12.8. The fourth-order valence-electron chi connectivity index (χ4n) is 1.68. The molecule has 1 unspecified atom stereocenters. The predicted octanol–water partition coefficient (Wildman–Crippen LogP) is -0.400. The van der Waals surface area contributed by atoms with Crippen LogP contribution in [0, 0.1) is 0 Å². The van der Waals surface area contributed by atoms with Gasteiger partial charge in [-0.1, -0.05) is 13.0 Å². The van der Waals surface area contributed by atoms with Crippen molar-refractivity contribution in [2.24, 2.45) is 16.5 Å². The molecular weight excluding hydrogens is 282 g/mol. The number of nitrogens with zero attached hydrogens (tertiary/aromatic N) is 1. The number of nitrogens with two attached hydrogens (primary N) is 2. The Morgan fingerprint density at radius 1 is 1.40 bits per heavy atom. The van der Waals surface area contributed by atoms with E-state index >= 15 is 0 Å². The molecule has 0 fully saturated rings. The number of aliphatic hydroxyl groups excluding tert-OH is 1. The summed E-state index contributed by atoms with van der Waals surface area (Å²) in [5.74, 6) is -1.49. The van der Waals surface area contributed by atoms with Gasteiger partial charge in [0.2, 0.25) is 0 Å². The maximum Gasteiger partial charge on any atom is 0.280 e. The molecular formula is C12H17N3O4S. The summed E-state index contributed by atoms with van der Waals surface area (Å²) in [6.07, 6.45) is 1.03. The summed E-state index contributed by atoms with van der Waals surface area (Å²) in [7, 11) is -3.55. The maximum absolute atomic E-state index is 11.8. The lowest BCUT2D eigenvalue weighted by molar-refractivity contribution is 0.100. The molecule has 0 heterocycles. The van der Waals surface area contributed by atoms with Crippen LogP contribution in [0.15, 0.2) is 28.1 Å². The minimum atomic E-state index is -3.55. The van der Waals surface area contributed by atoms with E-state index in [9.17, 15) is 13.2 Å². The Morgan fingerprint density at radius 3 is 2.45 bits per heavy atom. The molecule has 1 amide bonds. The third kappa shape index (κ3) is 3.78. The van der Waals surface area contributed by atoms with Gasteiger partial charge in [-0.05, 0) is 17.7 Å². The fraction of sp³-hybridized carbons (Fsp3) is 0.333. The molecule has 1 aromatic carbocycles. The zero-order valence-corrected chi connectivity index (χ0v) is 12.0. The van der Waals surface area contributed by atoms with Crippen LogP contribution < -0.4 is 11.5 Å². The van der Waals surface area contributed by atoms with E-state index in [1.807, 2.05) is 0 Å². The summed E-state index contributed by atoms with van der Waals surface area (Å²) in [6.45, 7) is 1.48. The van der Waals surface area contributed by atoms with Crippen molar-refractivity contribution in [3.8, 4) is 0 Å². The zero-order valence-electron chi connectivity index (χ0n) is 11.2. The standard InChI is InChI=1S/C12H17N3O4S/c1-7(6-16)9-4-3-8(11(17)15-12(13)14)5-10(9)20(2,18)19/h3-5,7,16H,6H2,1-2H3,(H4,13,14,15,17). The van der Waals surface area contributed by atoms with Crippen LogP contribution in [0.1, 0.15) is 28.8 Å². The van der Waals surface area contributed by atoms with Crippen LogP contribution in [0.5, 0.6) is 0 Å². The zero-order chi connectivity index (χ0) is 15.5. The average molecular weight is 299 g/mol. The highest BCUT2D eigenvalue weighted by Crippen LogP contribution is 2.25. The van der Waals surface area contributed by atoms with Crippen LogP contribution in [0.25, 0.3) is 0 Å². The van der Waals surface area contributed by atoms with Crippen molar-refractivity contribution < 1.29 is 18.3 Å². The molecule has 5 N–H and O–H groups in total. The molecule has 8 heteroatoms. The first-order chi connectivity index (χ1) is 9.16. The third-order valence-electron chi connectivity index (χ3n) is 2.70. The van der Waals surface area contributed by atoms with Crippen molar-refractivity contribution in [3.63, 3.8) is 0 Å². The predicted molar refractivity (Wildman–Crippen MR) is 75.2 cm³/mol. The number of carbonyl (C=O) groups excluding carboxylic acids is 1. The number of benzene rings is 1. The van der Waals surface area contributed by atoms with E-state index in [0.717, 1.165) is 6.26 Å². The Kier molecular flexibility index (Phi) is 4.85. The number of hydrogen-bond donors (Lipinski definition) is 3. The number of carbonyl (C=O) groups is 1. The van der Waals surface area contributed by atoms with Gasteiger partial charge < -0.3 is 16.6 Å². The highest BCUT2D eigenvalue weighted by atomic mass is 32.2. The lowest BCUT2D eigenvalue weighted by Crippen LogP contribution is -2.24. The van der Waals surface area contributed by atoms with Crippen LogP contribution in [-0.4, -0.2) is 38.3 Å². The monoisotopic (exact) mass is 299 g/mol. The van der Waals surface area contributed by atoms with Crippen LogP contribution in [0.3, 0.4) is 0 Å². The minimum Gasteiger partial charge on any atom is -0.396 e. The number of hydrogen-bond acceptors (Lipinski definition) is 4. The molecule has 0 aliphatic carbocycles. The van der Waals surface area contributed by atoms with Crippen LogP contribution in [0.2, 0.25) is 0 Å². The second-order valence-electron chi connectivity index (χ2n) is 4.45. The largest absolute Gasteiger partial charge is 0.396 e. The van der Waals surface area contributed by atoms with Crippen molar-refractivity contribution in [1.82, 2.24) is 0 Å². The number of aliphatic imine (C=N–C) groups is 1. The molecule has 0 spiro atoms. The molecule has 0 aromatic heterocycles. The maximum atomic E-state index is 11.8. The number of aliphatic hydroxyl groups is 1. The average Bonchev–Trinajstić information content (AvgIpc) is 2.35. The van der Waals surface area contributed by atoms with E-state index in [-0.39, 0.29) is 23.0 Å². The van der Waals surface area contributed by atoms with E-state index < -0.39 is 21.7 Å². The van der Waals surface area contributed by atoms with Crippen LogP contribution >= 0.6 is 0 Å². The molecule has 1 atom stereocenters. The molecule has 7 nitrogen and oxygen atoms in total. The van der Waals surface area contributed by atoms with Gasteiger partial charge in [-0.25, -0.2) is 8.42 Å². The molecule has 1 aromatic rings. The lowest BCUT2D eigenvalue weighted by Gasteiger charge is -2.14. The number of sulfone groups is 1. The van der Waals surface area contributed by atoms with E-state index in [2.05, 4.69) is 4.99 Å². The Balaban J connectivity index is 3.44. The highest BCUT2D eigenvalue weighted by molar-refractivity contribution is 7.90. The molecule has 0 saturated carbocycles. The van der Waals surface area contributed by atoms with Gasteiger partial charge in [0, 0.05) is 24.3 Å².